The van der Waals surface area contributed by atoms with Gasteiger partial charge in [-0.3, -0.25) is 5.10 Å². The normalized spacial score (nSPS) is 19.3. The van der Waals surface area contributed by atoms with Crippen molar-refractivity contribution in [2.45, 2.75) is 30.6 Å². The van der Waals surface area contributed by atoms with E-state index in [1.165, 1.54) is 0 Å². The number of rotatable bonds is 3. The average Bonchev–Trinajstić information content (AvgIpc) is 3.07. The van der Waals surface area contributed by atoms with Gasteiger partial charge in [0.2, 0.25) is 10.0 Å². The van der Waals surface area contributed by atoms with E-state index < -0.39 is 10.0 Å². The summed E-state index contributed by atoms with van der Waals surface area (Å²) in [4.78, 5) is 0.369. The molecule has 6 heteroatoms. The van der Waals surface area contributed by atoms with Crippen molar-refractivity contribution >= 4 is 20.8 Å². The number of hydrogen-bond acceptors (Lipinski definition) is 3. The summed E-state index contributed by atoms with van der Waals surface area (Å²) >= 11 is 0. The quantitative estimate of drug-likeness (QED) is 0.783. The number of benzene rings is 2. The Kier molecular flexibility index (Phi) is 4.09. The second-order valence-corrected chi connectivity index (χ2v) is 8.62. The molecule has 130 valence electrons. The van der Waals surface area contributed by atoms with Crippen molar-refractivity contribution in [1.29, 1.82) is 0 Å². The van der Waals surface area contributed by atoms with Gasteiger partial charge in [-0.2, -0.15) is 9.40 Å². The summed E-state index contributed by atoms with van der Waals surface area (Å²) in [5, 5.41) is 9.12. The molecule has 0 saturated carbocycles. The van der Waals surface area contributed by atoms with Crippen LogP contribution < -0.4 is 0 Å². The third kappa shape index (κ3) is 2.96. The fourth-order valence-corrected chi connectivity index (χ4v) is 5.20. The van der Waals surface area contributed by atoms with E-state index in [-0.39, 0.29) is 5.92 Å². The van der Waals surface area contributed by atoms with Crippen molar-refractivity contribution in [3.63, 3.8) is 0 Å². The number of aryl methyl sites for hydroxylation is 1. The van der Waals surface area contributed by atoms with Crippen LogP contribution in [0.3, 0.4) is 0 Å². The first-order valence-corrected chi connectivity index (χ1v) is 9.98. The Morgan fingerprint density at radius 3 is 2.72 bits per heavy atom. The lowest BCUT2D eigenvalue weighted by molar-refractivity contribution is 0.312. The van der Waals surface area contributed by atoms with Crippen LogP contribution in [0.2, 0.25) is 0 Å². The second kappa shape index (κ2) is 6.28. The van der Waals surface area contributed by atoms with E-state index in [0.29, 0.717) is 18.0 Å². The smallest absolute Gasteiger partial charge is 0.243 e. The molecule has 3 aromatic rings. The zero-order valence-electron chi connectivity index (χ0n) is 14.1. The summed E-state index contributed by atoms with van der Waals surface area (Å²) in [7, 11) is -3.49. The Morgan fingerprint density at radius 1 is 1.16 bits per heavy atom. The summed E-state index contributed by atoms with van der Waals surface area (Å²) in [6.07, 6.45) is 3.63. The average molecular weight is 355 g/mol. The van der Waals surface area contributed by atoms with Gasteiger partial charge in [-0.15, -0.1) is 0 Å². The molecule has 2 aromatic carbocycles. The van der Waals surface area contributed by atoms with E-state index in [0.717, 1.165) is 34.9 Å². The molecular weight excluding hydrogens is 334 g/mol. The van der Waals surface area contributed by atoms with Crippen molar-refractivity contribution in [3.8, 4) is 0 Å². The van der Waals surface area contributed by atoms with Crippen LogP contribution in [0.4, 0.5) is 0 Å². The van der Waals surface area contributed by atoms with E-state index in [4.69, 9.17) is 0 Å². The van der Waals surface area contributed by atoms with Crippen molar-refractivity contribution < 1.29 is 8.42 Å². The number of sulfonamides is 1. The van der Waals surface area contributed by atoms with Crippen molar-refractivity contribution in [3.05, 3.63) is 59.9 Å². The van der Waals surface area contributed by atoms with Crippen LogP contribution >= 0.6 is 0 Å². The van der Waals surface area contributed by atoms with Gasteiger partial charge in [0.1, 0.15) is 0 Å². The zero-order valence-corrected chi connectivity index (χ0v) is 15.0. The molecule has 1 aromatic heterocycles. The minimum absolute atomic E-state index is 0.173. The molecular formula is C19H21N3O2S. The highest BCUT2D eigenvalue weighted by atomic mass is 32.2. The van der Waals surface area contributed by atoms with Crippen molar-refractivity contribution in [2.75, 3.05) is 13.1 Å². The van der Waals surface area contributed by atoms with Gasteiger partial charge in [0.25, 0.3) is 0 Å². The van der Waals surface area contributed by atoms with E-state index in [1.807, 2.05) is 37.3 Å². The first-order valence-electron chi connectivity index (χ1n) is 8.54. The van der Waals surface area contributed by atoms with Crippen LogP contribution in [-0.2, 0) is 10.0 Å². The highest BCUT2D eigenvalue weighted by Gasteiger charge is 2.32. The number of aromatic nitrogens is 2. The summed E-state index contributed by atoms with van der Waals surface area (Å²) in [6.45, 7) is 3.08. The molecule has 4 rings (SSSR count). The largest absolute Gasteiger partial charge is 0.282 e. The fraction of sp³-hybridized carbons (Fsp3) is 0.316. The molecule has 0 spiro atoms. The zero-order chi connectivity index (χ0) is 17.4. The van der Waals surface area contributed by atoms with Crippen molar-refractivity contribution in [2.24, 2.45) is 0 Å². The molecule has 1 N–H and O–H groups in total. The molecule has 1 aliphatic rings. The Morgan fingerprint density at radius 2 is 1.96 bits per heavy atom. The number of aromatic amines is 1. The van der Waals surface area contributed by atoms with Gasteiger partial charge in [-0.05, 0) is 48.2 Å². The Labute approximate surface area is 147 Å². The van der Waals surface area contributed by atoms with Crippen LogP contribution in [0.5, 0.6) is 0 Å². The highest BCUT2D eigenvalue weighted by molar-refractivity contribution is 7.89. The number of piperidine rings is 1. The molecule has 0 aliphatic carbocycles. The maximum atomic E-state index is 13.1. The molecule has 0 amide bonds. The first kappa shape index (κ1) is 16.3. The maximum absolute atomic E-state index is 13.1. The number of H-pyrrole nitrogens is 1. The molecule has 0 bridgehead atoms. The molecule has 1 fully saturated rings. The lowest BCUT2D eigenvalue weighted by Crippen LogP contribution is -2.39. The Bertz CT molecular complexity index is 1010. The standard InChI is InChI=1S/C19H21N3O2S/c1-14-12-20-21-19(14)17-7-4-10-22(13-17)25(23,24)18-9-8-15-5-2-3-6-16(15)11-18/h2-3,5-6,8-9,11-12,17H,4,7,10,13H2,1H3,(H,20,21)/t17-/m1/s1. The minimum atomic E-state index is -3.49. The molecule has 0 radical (unpaired) electrons. The molecule has 2 heterocycles. The topological polar surface area (TPSA) is 66.1 Å². The van der Waals surface area contributed by atoms with Crippen LogP contribution in [0.1, 0.15) is 30.0 Å². The predicted molar refractivity (Wildman–Crippen MR) is 98.0 cm³/mol. The lowest BCUT2D eigenvalue weighted by atomic mass is 9.94. The maximum Gasteiger partial charge on any atom is 0.243 e. The van der Waals surface area contributed by atoms with E-state index in [2.05, 4.69) is 10.2 Å². The van der Waals surface area contributed by atoms with E-state index >= 15 is 0 Å². The highest BCUT2D eigenvalue weighted by Crippen LogP contribution is 2.31. The SMILES string of the molecule is Cc1cn[nH]c1[C@@H]1CCCN(S(=O)(=O)c2ccc3ccccc3c2)C1. The van der Waals surface area contributed by atoms with Gasteiger partial charge < -0.3 is 0 Å². The number of hydrogen-bond donors (Lipinski definition) is 1. The fourth-order valence-electron chi connectivity index (χ4n) is 3.64. The summed E-state index contributed by atoms with van der Waals surface area (Å²) in [5.74, 6) is 0.173. The summed E-state index contributed by atoms with van der Waals surface area (Å²) in [5.41, 5.74) is 2.15. The van der Waals surface area contributed by atoms with Gasteiger partial charge in [0.15, 0.2) is 0 Å². The number of nitrogens with zero attached hydrogens (tertiary/aromatic N) is 2. The van der Waals surface area contributed by atoms with E-state index in [9.17, 15) is 8.42 Å². The van der Waals surface area contributed by atoms with Gasteiger partial charge in [0.05, 0.1) is 11.1 Å². The second-order valence-electron chi connectivity index (χ2n) is 6.68. The van der Waals surface area contributed by atoms with Crippen molar-refractivity contribution in [1.82, 2.24) is 14.5 Å². The van der Waals surface area contributed by atoms with Gasteiger partial charge in [-0.25, -0.2) is 8.42 Å². The van der Waals surface area contributed by atoms with Gasteiger partial charge in [0, 0.05) is 24.7 Å². The minimum Gasteiger partial charge on any atom is -0.282 e. The van der Waals surface area contributed by atoms with Gasteiger partial charge >= 0.3 is 0 Å². The van der Waals surface area contributed by atoms with Crippen LogP contribution in [0.15, 0.2) is 53.6 Å². The molecule has 1 atom stereocenters. The van der Waals surface area contributed by atoms with Crippen LogP contribution in [0.25, 0.3) is 10.8 Å². The molecule has 1 aliphatic heterocycles. The Balaban J connectivity index is 1.65. The van der Waals surface area contributed by atoms with Gasteiger partial charge in [-0.1, -0.05) is 30.3 Å². The van der Waals surface area contributed by atoms with Crippen LogP contribution in [-0.4, -0.2) is 36.0 Å². The number of fused-ring (bicyclic) bond motifs is 1. The molecule has 0 unspecified atom stereocenters. The molecule has 25 heavy (non-hydrogen) atoms. The monoisotopic (exact) mass is 355 g/mol. The predicted octanol–water partition coefficient (Wildman–Crippen LogP) is 3.44. The summed E-state index contributed by atoms with van der Waals surface area (Å²) < 4.78 is 27.9. The third-order valence-corrected chi connectivity index (χ3v) is 6.88. The number of nitrogens with one attached hydrogen (secondary N) is 1. The first-order chi connectivity index (χ1) is 12.1. The molecule has 1 saturated heterocycles. The van der Waals surface area contributed by atoms with E-state index in [1.54, 1.807) is 22.6 Å². The molecule has 5 nitrogen and oxygen atoms in total. The third-order valence-electron chi connectivity index (χ3n) is 5.02. The summed E-state index contributed by atoms with van der Waals surface area (Å²) in [6, 6.07) is 13.2. The Hall–Kier alpha value is -2.18. The lowest BCUT2D eigenvalue weighted by Gasteiger charge is -2.31. The van der Waals surface area contributed by atoms with Crippen LogP contribution in [0, 0.1) is 6.92 Å².